The average Bonchev–Trinajstić information content (AvgIpc) is 3.61. The molecule has 0 fully saturated rings. The third-order valence-electron chi connectivity index (χ3n) is 10.9. The van der Waals surface area contributed by atoms with Gasteiger partial charge in [-0.3, -0.25) is 0 Å². The van der Waals surface area contributed by atoms with Gasteiger partial charge in [-0.15, -0.1) is 0 Å². The van der Waals surface area contributed by atoms with Crippen LogP contribution in [0.1, 0.15) is 22.3 Å². The van der Waals surface area contributed by atoms with Crippen LogP contribution in [0.15, 0.2) is 121 Å². The Labute approximate surface area is 269 Å². The molecular weight excluding hydrogens is 553 g/mol. The molecule has 8 aromatic carbocycles. The predicted molar refractivity (Wildman–Crippen MR) is 198 cm³/mol. The van der Waals surface area contributed by atoms with Crippen molar-refractivity contribution in [3.8, 4) is 66.8 Å². The number of fused-ring (bicyclic) bond motifs is 12. The van der Waals surface area contributed by atoms with Gasteiger partial charge in [-0.05, 0) is 161 Å². The summed E-state index contributed by atoms with van der Waals surface area (Å²) in [7, 11) is 0. The van der Waals surface area contributed by atoms with Crippen molar-refractivity contribution in [2.75, 3.05) is 0 Å². The van der Waals surface area contributed by atoms with Crippen molar-refractivity contribution in [2.45, 2.75) is 27.7 Å². The van der Waals surface area contributed by atoms with E-state index in [1.165, 1.54) is 121 Å². The van der Waals surface area contributed by atoms with Crippen molar-refractivity contribution < 1.29 is 0 Å². The van der Waals surface area contributed by atoms with Crippen LogP contribution in [0.5, 0.6) is 0 Å². The van der Waals surface area contributed by atoms with Gasteiger partial charge in [-0.2, -0.15) is 0 Å². The maximum absolute atomic E-state index is 2.46. The summed E-state index contributed by atoms with van der Waals surface area (Å²) in [6.45, 7) is 9.06. The highest BCUT2D eigenvalue weighted by atomic mass is 14.4. The smallest absolute Gasteiger partial charge is 0.0000930 e. The molecule has 46 heavy (non-hydrogen) atoms. The van der Waals surface area contributed by atoms with E-state index in [4.69, 9.17) is 0 Å². The monoisotopic (exact) mass is 584 g/mol. The second-order valence-corrected chi connectivity index (χ2v) is 13.5. The molecule has 0 heterocycles. The number of benzene rings is 8. The maximum atomic E-state index is 2.46. The van der Waals surface area contributed by atoms with E-state index in [0.29, 0.717) is 0 Å². The fourth-order valence-corrected chi connectivity index (χ4v) is 8.43. The highest BCUT2D eigenvalue weighted by Crippen LogP contribution is 2.63. The first-order valence-corrected chi connectivity index (χ1v) is 16.4. The topological polar surface area (TPSA) is 0 Å². The molecule has 0 amide bonds. The van der Waals surface area contributed by atoms with Gasteiger partial charge in [0.2, 0.25) is 0 Å². The van der Waals surface area contributed by atoms with Crippen LogP contribution in [0.4, 0.5) is 0 Å². The lowest BCUT2D eigenvalue weighted by Crippen LogP contribution is -1.90. The Hall–Kier alpha value is -5.46. The van der Waals surface area contributed by atoms with Gasteiger partial charge >= 0.3 is 0 Å². The largest absolute Gasteiger partial charge is 0.0622 e. The number of aryl methyl sites for hydroxylation is 4. The van der Waals surface area contributed by atoms with Gasteiger partial charge in [0, 0.05) is 0 Å². The molecule has 2 aliphatic carbocycles. The van der Waals surface area contributed by atoms with Crippen LogP contribution in [0, 0.1) is 27.7 Å². The molecule has 0 nitrogen and oxygen atoms in total. The molecule has 0 atom stereocenters. The molecule has 2 aliphatic rings. The SMILES string of the molecule is Cc1cc2c3c4c(c5cc(C)c(C)cc5c5c4c(c2cc1C)-c1cc(-c2ccccc2)ccc1-5)-c1cc(-c2ccccc2)ccc1-3. The third-order valence-corrected chi connectivity index (χ3v) is 10.9. The van der Waals surface area contributed by atoms with Crippen molar-refractivity contribution >= 4 is 32.3 Å². The summed E-state index contributed by atoms with van der Waals surface area (Å²) in [5.74, 6) is 0. The molecule has 0 unspecified atom stereocenters. The van der Waals surface area contributed by atoms with Crippen LogP contribution in [-0.4, -0.2) is 0 Å². The first-order chi connectivity index (χ1) is 22.5. The Morgan fingerprint density at radius 1 is 0.283 bits per heavy atom. The summed E-state index contributed by atoms with van der Waals surface area (Å²) in [4.78, 5) is 0. The Kier molecular flexibility index (Phi) is 5.08. The second-order valence-electron chi connectivity index (χ2n) is 13.5. The molecule has 0 heteroatoms. The van der Waals surface area contributed by atoms with E-state index in [0.717, 1.165) is 0 Å². The minimum absolute atomic E-state index is 1.26. The molecule has 216 valence electrons. The van der Waals surface area contributed by atoms with E-state index in [1.54, 1.807) is 0 Å². The first kappa shape index (κ1) is 25.8. The zero-order chi connectivity index (χ0) is 30.8. The summed E-state index contributed by atoms with van der Waals surface area (Å²) < 4.78 is 0. The summed E-state index contributed by atoms with van der Waals surface area (Å²) in [6, 6.07) is 45.9. The Morgan fingerprint density at radius 3 is 0.957 bits per heavy atom. The van der Waals surface area contributed by atoms with Crippen LogP contribution in [0.3, 0.4) is 0 Å². The van der Waals surface area contributed by atoms with E-state index in [2.05, 4.69) is 149 Å². The van der Waals surface area contributed by atoms with Crippen molar-refractivity contribution in [1.82, 2.24) is 0 Å². The quantitative estimate of drug-likeness (QED) is 0.177. The van der Waals surface area contributed by atoms with Crippen molar-refractivity contribution in [1.29, 1.82) is 0 Å². The molecule has 0 aliphatic heterocycles. The van der Waals surface area contributed by atoms with Gasteiger partial charge in [0.05, 0.1) is 0 Å². The third kappa shape index (κ3) is 3.29. The van der Waals surface area contributed by atoms with Crippen LogP contribution >= 0.6 is 0 Å². The van der Waals surface area contributed by atoms with Crippen molar-refractivity contribution in [3.05, 3.63) is 144 Å². The summed E-state index contributed by atoms with van der Waals surface area (Å²) >= 11 is 0. The summed E-state index contributed by atoms with van der Waals surface area (Å²) in [6.07, 6.45) is 0. The van der Waals surface area contributed by atoms with E-state index in [9.17, 15) is 0 Å². The zero-order valence-corrected chi connectivity index (χ0v) is 26.5. The molecule has 0 radical (unpaired) electrons. The highest BCUT2D eigenvalue weighted by molar-refractivity contribution is 6.40. The summed E-state index contributed by atoms with van der Waals surface area (Å²) in [5, 5.41) is 8.31. The molecule has 0 N–H and O–H groups in total. The van der Waals surface area contributed by atoms with Gasteiger partial charge < -0.3 is 0 Å². The van der Waals surface area contributed by atoms with Gasteiger partial charge in [0.1, 0.15) is 0 Å². The van der Waals surface area contributed by atoms with Crippen molar-refractivity contribution in [2.24, 2.45) is 0 Å². The van der Waals surface area contributed by atoms with E-state index in [1.807, 2.05) is 0 Å². The van der Waals surface area contributed by atoms with Crippen LogP contribution < -0.4 is 0 Å². The van der Waals surface area contributed by atoms with E-state index in [-0.39, 0.29) is 0 Å². The van der Waals surface area contributed by atoms with Gasteiger partial charge in [-0.25, -0.2) is 0 Å². The number of hydrogen-bond donors (Lipinski definition) is 0. The van der Waals surface area contributed by atoms with Gasteiger partial charge in [0.25, 0.3) is 0 Å². The average molecular weight is 585 g/mol. The fourth-order valence-electron chi connectivity index (χ4n) is 8.43. The van der Waals surface area contributed by atoms with Gasteiger partial charge in [-0.1, -0.05) is 109 Å². The lowest BCUT2D eigenvalue weighted by atomic mass is 9.86. The minimum atomic E-state index is 1.26. The Morgan fingerprint density at radius 2 is 0.609 bits per heavy atom. The maximum Gasteiger partial charge on any atom is -0.0000930 e. The van der Waals surface area contributed by atoms with E-state index >= 15 is 0 Å². The Bertz CT molecular complexity index is 2450. The molecule has 0 saturated heterocycles. The molecule has 0 bridgehead atoms. The van der Waals surface area contributed by atoms with Crippen molar-refractivity contribution in [3.63, 3.8) is 0 Å². The predicted octanol–water partition coefficient (Wildman–Crippen LogP) is 13.0. The molecule has 0 aromatic heterocycles. The summed E-state index contributed by atoms with van der Waals surface area (Å²) in [5.41, 5.74) is 21.4. The normalized spacial score (nSPS) is 12.3. The molecule has 0 saturated carbocycles. The number of rotatable bonds is 2. The van der Waals surface area contributed by atoms with Crippen LogP contribution in [0.2, 0.25) is 0 Å². The molecule has 0 spiro atoms. The Balaban J connectivity index is 1.43. The first-order valence-electron chi connectivity index (χ1n) is 16.4. The number of hydrogen-bond acceptors (Lipinski definition) is 0. The van der Waals surface area contributed by atoms with E-state index < -0.39 is 0 Å². The minimum Gasteiger partial charge on any atom is -0.0622 e. The molecular formula is C46H32. The second kappa shape index (κ2) is 9.05. The van der Waals surface area contributed by atoms with Crippen LogP contribution in [0.25, 0.3) is 99.1 Å². The standard InChI is InChI=1S/C46H32/c1-25-19-35-37(21-27(25)3)43-40-24-32(30-13-9-6-10-14-30)16-18-34(40)42-36-20-26(2)28(4)22-38(36)44-39-23-31(29-11-7-5-8-12-29)15-17-33(39)41(35)45(44)46(42)43/h5-24H,1-4H3. The molecule has 8 aromatic rings. The lowest BCUT2D eigenvalue weighted by Gasteiger charge is -2.17. The highest BCUT2D eigenvalue weighted by Gasteiger charge is 2.35. The van der Waals surface area contributed by atoms with Gasteiger partial charge in [0.15, 0.2) is 0 Å². The molecule has 10 rings (SSSR count). The lowest BCUT2D eigenvalue weighted by molar-refractivity contribution is 1.37. The zero-order valence-electron chi connectivity index (χ0n) is 26.5. The van der Waals surface area contributed by atoms with Crippen LogP contribution in [-0.2, 0) is 0 Å². The fraction of sp³-hybridized carbons (Fsp3) is 0.0870.